The molecule has 2 rings (SSSR count). The van der Waals surface area contributed by atoms with Crippen LogP contribution in [0.25, 0.3) is 0 Å². The van der Waals surface area contributed by atoms with Crippen LogP contribution in [0.4, 0.5) is 5.69 Å². The number of hydrogen-bond donors (Lipinski definition) is 2. The van der Waals surface area contributed by atoms with Crippen LogP contribution in [0.15, 0.2) is 48.8 Å². The number of carbonyl (C=O) groups excluding carboxylic acids is 2. The molecule has 0 atom stereocenters. The number of aromatic nitrogens is 1. The van der Waals surface area contributed by atoms with Gasteiger partial charge >= 0.3 is 11.8 Å². The molecule has 0 bridgehead atoms. The van der Waals surface area contributed by atoms with E-state index in [1.54, 1.807) is 30.6 Å². The number of anilines is 1. The molecule has 0 aliphatic rings. The van der Waals surface area contributed by atoms with E-state index < -0.39 is 11.8 Å². The fourth-order valence-corrected chi connectivity index (χ4v) is 1.78. The number of pyridine rings is 1. The molecule has 1 aromatic carbocycles. The van der Waals surface area contributed by atoms with Crippen LogP contribution in [-0.2, 0) is 22.6 Å². The second-order valence-corrected chi connectivity index (χ2v) is 4.55. The molecule has 2 aromatic rings. The number of benzene rings is 1. The Bertz CT molecular complexity index is 609. The lowest BCUT2D eigenvalue weighted by Gasteiger charge is -2.07. The van der Waals surface area contributed by atoms with Crippen molar-refractivity contribution in [3.63, 3.8) is 0 Å². The van der Waals surface area contributed by atoms with Gasteiger partial charge in [0, 0.05) is 24.6 Å². The molecule has 21 heavy (non-hydrogen) atoms. The largest absolute Gasteiger partial charge is 0.344 e. The Balaban J connectivity index is 1.86. The van der Waals surface area contributed by atoms with Crippen LogP contribution >= 0.6 is 0 Å². The molecule has 0 aliphatic carbocycles. The normalized spacial score (nSPS) is 9.95. The average molecular weight is 283 g/mol. The van der Waals surface area contributed by atoms with Crippen LogP contribution in [0.5, 0.6) is 0 Å². The summed E-state index contributed by atoms with van der Waals surface area (Å²) in [5, 5.41) is 5.11. The molecule has 0 saturated heterocycles. The fraction of sp³-hybridized carbons (Fsp3) is 0.188. The van der Waals surface area contributed by atoms with Crippen molar-refractivity contribution in [1.29, 1.82) is 0 Å². The first-order valence-electron chi connectivity index (χ1n) is 6.76. The molecule has 0 unspecified atom stereocenters. The highest BCUT2D eigenvalue weighted by molar-refractivity contribution is 6.39. The van der Waals surface area contributed by atoms with Gasteiger partial charge in [0.05, 0.1) is 0 Å². The quantitative estimate of drug-likeness (QED) is 0.842. The maximum Gasteiger partial charge on any atom is 0.313 e. The van der Waals surface area contributed by atoms with Crippen LogP contribution in [0.2, 0.25) is 0 Å². The van der Waals surface area contributed by atoms with Crippen molar-refractivity contribution in [2.45, 2.75) is 19.9 Å². The van der Waals surface area contributed by atoms with Gasteiger partial charge < -0.3 is 10.6 Å². The van der Waals surface area contributed by atoms with Crippen molar-refractivity contribution in [3.05, 3.63) is 59.9 Å². The highest BCUT2D eigenvalue weighted by Crippen LogP contribution is 2.09. The number of amides is 2. The summed E-state index contributed by atoms with van der Waals surface area (Å²) in [5.41, 5.74) is 2.62. The van der Waals surface area contributed by atoms with Crippen molar-refractivity contribution >= 4 is 17.5 Å². The van der Waals surface area contributed by atoms with E-state index in [1.165, 1.54) is 5.56 Å². The second-order valence-electron chi connectivity index (χ2n) is 4.55. The minimum Gasteiger partial charge on any atom is -0.344 e. The Hall–Kier alpha value is -2.69. The van der Waals surface area contributed by atoms with Crippen molar-refractivity contribution in [2.24, 2.45) is 0 Å². The number of nitrogens with one attached hydrogen (secondary N) is 2. The van der Waals surface area contributed by atoms with E-state index in [0.29, 0.717) is 5.69 Å². The molecule has 0 fully saturated rings. The lowest BCUT2D eigenvalue weighted by atomic mass is 10.1. The van der Waals surface area contributed by atoms with Gasteiger partial charge in [-0.15, -0.1) is 0 Å². The lowest BCUT2D eigenvalue weighted by Crippen LogP contribution is -2.34. The van der Waals surface area contributed by atoms with E-state index in [9.17, 15) is 9.59 Å². The molecule has 0 radical (unpaired) electrons. The zero-order valence-electron chi connectivity index (χ0n) is 11.8. The van der Waals surface area contributed by atoms with E-state index in [4.69, 9.17) is 0 Å². The molecule has 1 aromatic heterocycles. The third kappa shape index (κ3) is 4.42. The summed E-state index contributed by atoms with van der Waals surface area (Å²) in [6, 6.07) is 11.0. The van der Waals surface area contributed by atoms with Gasteiger partial charge in [-0.1, -0.05) is 25.1 Å². The summed E-state index contributed by atoms with van der Waals surface area (Å²) >= 11 is 0. The molecule has 0 saturated carbocycles. The Kier molecular flexibility index (Phi) is 5.04. The molecular weight excluding hydrogens is 266 g/mol. The number of nitrogens with zero attached hydrogens (tertiary/aromatic N) is 1. The molecule has 108 valence electrons. The van der Waals surface area contributed by atoms with E-state index in [1.807, 2.05) is 18.2 Å². The van der Waals surface area contributed by atoms with Gasteiger partial charge in [-0.05, 0) is 35.7 Å². The topological polar surface area (TPSA) is 71.1 Å². The number of hydrogen-bond acceptors (Lipinski definition) is 3. The standard InChI is InChI=1S/C16H17N3O2/c1-2-12-5-7-14(8-6-12)19-16(21)15(20)18-11-13-4-3-9-17-10-13/h3-10H,2,11H2,1H3,(H,18,20)(H,19,21). The molecular formula is C16H17N3O2. The predicted molar refractivity (Wildman–Crippen MR) is 80.5 cm³/mol. The summed E-state index contributed by atoms with van der Waals surface area (Å²) in [6.45, 7) is 2.33. The maximum atomic E-state index is 11.7. The Morgan fingerprint density at radius 2 is 1.81 bits per heavy atom. The molecule has 2 N–H and O–H groups in total. The fourth-order valence-electron chi connectivity index (χ4n) is 1.78. The Labute approximate surface area is 123 Å². The predicted octanol–water partition coefficient (Wildman–Crippen LogP) is 1.90. The van der Waals surface area contributed by atoms with E-state index in [0.717, 1.165) is 12.0 Å². The SMILES string of the molecule is CCc1ccc(NC(=O)C(=O)NCc2cccnc2)cc1. The molecule has 0 spiro atoms. The van der Waals surface area contributed by atoms with Gasteiger partial charge in [0.25, 0.3) is 0 Å². The third-order valence-electron chi connectivity index (χ3n) is 3.00. The average Bonchev–Trinajstić information content (AvgIpc) is 2.54. The van der Waals surface area contributed by atoms with Gasteiger partial charge in [0.1, 0.15) is 0 Å². The minimum absolute atomic E-state index is 0.273. The summed E-state index contributed by atoms with van der Waals surface area (Å²) in [7, 11) is 0. The Morgan fingerprint density at radius 1 is 1.05 bits per heavy atom. The number of aryl methyl sites for hydroxylation is 1. The first kappa shape index (κ1) is 14.7. The third-order valence-corrected chi connectivity index (χ3v) is 3.00. The van der Waals surface area contributed by atoms with Crippen LogP contribution in [0, 0.1) is 0 Å². The zero-order chi connectivity index (χ0) is 15.1. The molecule has 0 aliphatic heterocycles. The van der Waals surface area contributed by atoms with Crippen molar-refractivity contribution in [1.82, 2.24) is 10.3 Å². The van der Waals surface area contributed by atoms with E-state index in [2.05, 4.69) is 22.5 Å². The van der Waals surface area contributed by atoms with Crippen molar-refractivity contribution in [3.8, 4) is 0 Å². The molecule has 1 heterocycles. The molecule has 5 nitrogen and oxygen atoms in total. The second kappa shape index (κ2) is 7.19. The van der Waals surface area contributed by atoms with Crippen LogP contribution in [0.3, 0.4) is 0 Å². The maximum absolute atomic E-state index is 11.7. The van der Waals surface area contributed by atoms with Crippen LogP contribution in [0.1, 0.15) is 18.1 Å². The van der Waals surface area contributed by atoms with Crippen LogP contribution in [-0.4, -0.2) is 16.8 Å². The first-order chi connectivity index (χ1) is 10.2. The van der Waals surface area contributed by atoms with Gasteiger partial charge in [-0.25, -0.2) is 0 Å². The number of rotatable bonds is 4. The lowest BCUT2D eigenvalue weighted by molar-refractivity contribution is -0.136. The summed E-state index contributed by atoms with van der Waals surface area (Å²) in [6.07, 6.45) is 4.22. The highest BCUT2D eigenvalue weighted by Gasteiger charge is 2.13. The van der Waals surface area contributed by atoms with Crippen LogP contribution < -0.4 is 10.6 Å². The molecule has 2 amide bonds. The van der Waals surface area contributed by atoms with Gasteiger partial charge in [0.15, 0.2) is 0 Å². The summed E-state index contributed by atoms with van der Waals surface area (Å²) in [4.78, 5) is 27.4. The van der Waals surface area contributed by atoms with E-state index in [-0.39, 0.29) is 6.54 Å². The summed E-state index contributed by atoms with van der Waals surface area (Å²) < 4.78 is 0. The zero-order valence-corrected chi connectivity index (χ0v) is 11.8. The Morgan fingerprint density at radius 3 is 2.43 bits per heavy atom. The first-order valence-corrected chi connectivity index (χ1v) is 6.76. The number of carbonyl (C=O) groups is 2. The smallest absolute Gasteiger partial charge is 0.313 e. The van der Waals surface area contributed by atoms with Crippen molar-refractivity contribution < 1.29 is 9.59 Å². The van der Waals surface area contributed by atoms with Crippen molar-refractivity contribution in [2.75, 3.05) is 5.32 Å². The summed E-state index contributed by atoms with van der Waals surface area (Å²) in [5.74, 6) is -1.35. The highest BCUT2D eigenvalue weighted by atomic mass is 16.2. The van der Waals surface area contributed by atoms with Gasteiger partial charge in [-0.3, -0.25) is 14.6 Å². The monoisotopic (exact) mass is 283 g/mol. The van der Waals surface area contributed by atoms with E-state index >= 15 is 0 Å². The minimum atomic E-state index is -0.678. The van der Waals surface area contributed by atoms with Gasteiger partial charge in [0.2, 0.25) is 0 Å². The molecule has 5 heteroatoms. The van der Waals surface area contributed by atoms with Gasteiger partial charge in [-0.2, -0.15) is 0 Å².